The fourth-order valence-corrected chi connectivity index (χ4v) is 5.31. The van der Waals surface area contributed by atoms with Crippen LogP contribution in [0, 0.1) is 0 Å². The van der Waals surface area contributed by atoms with Crippen molar-refractivity contribution in [3.8, 4) is 11.4 Å². The van der Waals surface area contributed by atoms with Crippen molar-refractivity contribution in [1.29, 1.82) is 0 Å². The van der Waals surface area contributed by atoms with E-state index in [1.54, 1.807) is 0 Å². The van der Waals surface area contributed by atoms with Crippen LogP contribution in [0.2, 0.25) is 0 Å². The minimum atomic E-state index is -4.40. The van der Waals surface area contributed by atoms with Gasteiger partial charge in [-0.25, -0.2) is 0 Å². The van der Waals surface area contributed by atoms with Crippen molar-refractivity contribution in [2.45, 2.75) is 12.7 Å². The monoisotopic (exact) mass is 474 g/mol. The number of nitrogens with zero attached hydrogens (tertiary/aromatic N) is 6. The number of hydrogen-bond acceptors (Lipinski definition) is 7. The summed E-state index contributed by atoms with van der Waals surface area (Å²) in [5.74, 6) is 0.542. The Morgan fingerprint density at radius 1 is 0.938 bits per heavy atom. The molecule has 2 aliphatic rings. The Labute approximate surface area is 184 Å². The quantitative estimate of drug-likeness (QED) is 0.647. The molecule has 2 saturated heterocycles. The van der Waals surface area contributed by atoms with Gasteiger partial charge in [0.15, 0.2) is 0 Å². The summed E-state index contributed by atoms with van der Waals surface area (Å²) < 4.78 is 72.1. The lowest BCUT2D eigenvalue weighted by Crippen LogP contribution is -2.56. The molecule has 32 heavy (non-hydrogen) atoms. The van der Waals surface area contributed by atoms with Crippen LogP contribution in [0.3, 0.4) is 0 Å². The highest BCUT2D eigenvalue weighted by atomic mass is 32.2. The summed E-state index contributed by atoms with van der Waals surface area (Å²) in [6.45, 7) is 4.55. The first-order valence-corrected chi connectivity index (χ1v) is 11.7. The standard InChI is InChI=1S/C19H25F3N6O3S/c1-25-6-10-27(11-7-25)32(29,30)28-12-8-26(9-13-28)14-17-23-18(24-31-17)15-2-4-16(5-3-15)19(20,21)22/h2-5H,6-14H2,1H3. The van der Waals surface area contributed by atoms with Gasteiger partial charge in [0, 0.05) is 57.9 Å². The van der Waals surface area contributed by atoms with E-state index in [-0.39, 0.29) is 5.82 Å². The molecule has 0 aliphatic carbocycles. The minimum Gasteiger partial charge on any atom is -0.338 e. The zero-order valence-corrected chi connectivity index (χ0v) is 18.4. The van der Waals surface area contributed by atoms with Crippen molar-refractivity contribution in [2.75, 3.05) is 59.4 Å². The fourth-order valence-electron chi connectivity index (χ4n) is 3.74. The maximum atomic E-state index is 12.9. The highest BCUT2D eigenvalue weighted by molar-refractivity contribution is 7.86. The topological polar surface area (TPSA) is 86.0 Å². The third-order valence-electron chi connectivity index (χ3n) is 5.74. The van der Waals surface area contributed by atoms with Crippen LogP contribution in [-0.4, -0.2) is 96.4 Å². The first-order chi connectivity index (χ1) is 15.1. The average molecular weight is 475 g/mol. The molecule has 0 radical (unpaired) electrons. The van der Waals surface area contributed by atoms with Crippen molar-refractivity contribution in [3.05, 3.63) is 35.7 Å². The van der Waals surface area contributed by atoms with E-state index in [1.807, 2.05) is 11.9 Å². The molecule has 0 N–H and O–H groups in total. The highest BCUT2D eigenvalue weighted by Gasteiger charge is 2.34. The first-order valence-electron chi connectivity index (χ1n) is 10.3. The number of piperazine rings is 2. The summed E-state index contributed by atoms with van der Waals surface area (Å²) in [6.07, 6.45) is -4.40. The van der Waals surface area contributed by atoms with Crippen molar-refractivity contribution < 1.29 is 26.1 Å². The summed E-state index contributed by atoms with van der Waals surface area (Å²) in [5.41, 5.74) is -0.314. The van der Waals surface area contributed by atoms with Gasteiger partial charge in [-0.3, -0.25) is 4.90 Å². The summed E-state index contributed by atoms with van der Waals surface area (Å²) >= 11 is 0. The molecule has 176 valence electrons. The van der Waals surface area contributed by atoms with Gasteiger partial charge in [0.05, 0.1) is 12.1 Å². The largest absolute Gasteiger partial charge is 0.416 e. The maximum Gasteiger partial charge on any atom is 0.416 e. The normalized spacial score (nSPS) is 20.6. The Balaban J connectivity index is 1.32. The highest BCUT2D eigenvalue weighted by Crippen LogP contribution is 2.30. The molecule has 0 atom stereocenters. The summed E-state index contributed by atoms with van der Waals surface area (Å²) in [7, 11) is -1.49. The predicted octanol–water partition coefficient (Wildman–Crippen LogP) is 1.37. The fraction of sp³-hybridized carbons (Fsp3) is 0.579. The predicted molar refractivity (Wildman–Crippen MR) is 110 cm³/mol. The van der Waals surface area contributed by atoms with Crippen LogP contribution in [0.15, 0.2) is 28.8 Å². The van der Waals surface area contributed by atoms with Gasteiger partial charge in [-0.15, -0.1) is 0 Å². The van der Waals surface area contributed by atoms with Gasteiger partial charge in [0.25, 0.3) is 10.2 Å². The van der Waals surface area contributed by atoms with E-state index >= 15 is 0 Å². The molecule has 9 nitrogen and oxygen atoms in total. The van der Waals surface area contributed by atoms with Crippen molar-refractivity contribution in [1.82, 2.24) is 28.6 Å². The van der Waals surface area contributed by atoms with Crippen LogP contribution in [-0.2, 0) is 22.9 Å². The molecule has 0 saturated carbocycles. The Kier molecular flexibility index (Phi) is 6.54. The number of likely N-dealkylation sites (N-methyl/N-ethyl adjacent to an activating group) is 1. The summed E-state index contributed by atoms with van der Waals surface area (Å²) in [5, 5.41) is 3.85. The number of halogens is 3. The number of benzene rings is 1. The lowest BCUT2D eigenvalue weighted by atomic mass is 10.1. The zero-order valence-electron chi connectivity index (χ0n) is 17.6. The Hall–Kier alpha value is -2.06. The second kappa shape index (κ2) is 9.06. The van der Waals surface area contributed by atoms with Gasteiger partial charge in [-0.05, 0) is 19.2 Å². The second-order valence-corrected chi connectivity index (χ2v) is 9.90. The molecule has 0 unspecified atom stereocenters. The smallest absolute Gasteiger partial charge is 0.338 e. The molecule has 0 bridgehead atoms. The summed E-state index contributed by atoms with van der Waals surface area (Å²) in [4.78, 5) is 8.39. The summed E-state index contributed by atoms with van der Waals surface area (Å²) in [6, 6.07) is 4.57. The van der Waals surface area contributed by atoms with Gasteiger partial charge >= 0.3 is 6.18 Å². The average Bonchev–Trinajstić information content (AvgIpc) is 3.22. The van der Waals surface area contributed by atoms with E-state index in [0.29, 0.717) is 57.3 Å². The van der Waals surface area contributed by atoms with Crippen LogP contribution in [0.25, 0.3) is 11.4 Å². The van der Waals surface area contributed by atoms with Crippen molar-refractivity contribution in [2.24, 2.45) is 0 Å². The van der Waals surface area contributed by atoms with E-state index in [0.717, 1.165) is 25.2 Å². The third kappa shape index (κ3) is 5.12. The molecule has 13 heteroatoms. The maximum absolute atomic E-state index is 12.9. The van der Waals surface area contributed by atoms with Crippen molar-refractivity contribution >= 4 is 10.2 Å². The molecular formula is C19H25F3N6O3S. The van der Waals surface area contributed by atoms with Crippen LogP contribution < -0.4 is 0 Å². The van der Waals surface area contributed by atoms with Gasteiger partial charge < -0.3 is 9.42 Å². The molecule has 2 aliphatic heterocycles. The van der Waals surface area contributed by atoms with Crippen LogP contribution in [0.4, 0.5) is 13.2 Å². The van der Waals surface area contributed by atoms with E-state index in [9.17, 15) is 21.6 Å². The third-order valence-corrected chi connectivity index (χ3v) is 7.78. The Bertz CT molecular complexity index is 1010. The number of alkyl halides is 3. The Morgan fingerprint density at radius 3 is 2.06 bits per heavy atom. The molecule has 1 aromatic carbocycles. The molecule has 0 amide bonds. The molecule has 1 aromatic heterocycles. The minimum absolute atomic E-state index is 0.213. The van der Waals surface area contributed by atoms with E-state index in [1.165, 1.54) is 20.7 Å². The molecular weight excluding hydrogens is 449 g/mol. The van der Waals surface area contributed by atoms with Crippen LogP contribution in [0.5, 0.6) is 0 Å². The second-order valence-electron chi connectivity index (χ2n) is 7.97. The van der Waals surface area contributed by atoms with Crippen LogP contribution in [0.1, 0.15) is 11.5 Å². The van der Waals surface area contributed by atoms with Gasteiger partial charge in [-0.1, -0.05) is 17.3 Å². The molecule has 3 heterocycles. The van der Waals surface area contributed by atoms with Gasteiger partial charge in [-0.2, -0.15) is 35.2 Å². The number of aromatic nitrogens is 2. The van der Waals surface area contributed by atoms with E-state index < -0.39 is 21.9 Å². The lowest BCUT2D eigenvalue weighted by molar-refractivity contribution is -0.137. The molecule has 2 fully saturated rings. The molecule has 0 spiro atoms. The van der Waals surface area contributed by atoms with E-state index in [2.05, 4.69) is 15.0 Å². The van der Waals surface area contributed by atoms with Gasteiger partial charge in [0.1, 0.15) is 0 Å². The van der Waals surface area contributed by atoms with Crippen molar-refractivity contribution in [3.63, 3.8) is 0 Å². The SMILES string of the molecule is CN1CCN(S(=O)(=O)N2CCN(Cc3nc(-c4ccc(C(F)(F)F)cc4)no3)CC2)CC1. The number of rotatable bonds is 5. The number of hydrogen-bond donors (Lipinski definition) is 0. The first kappa shape index (κ1) is 23.1. The van der Waals surface area contributed by atoms with E-state index in [4.69, 9.17) is 4.52 Å². The molecule has 4 rings (SSSR count). The molecule has 2 aromatic rings. The zero-order chi connectivity index (χ0) is 22.9. The Morgan fingerprint density at radius 2 is 1.50 bits per heavy atom. The van der Waals surface area contributed by atoms with Gasteiger partial charge in [0.2, 0.25) is 11.7 Å². The lowest BCUT2D eigenvalue weighted by Gasteiger charge is -2.38. The van der Waals surface area contributed by atoms with Crippen LogP contribution >= 0.6 is 0 Å².